The van der Waals surface area contributed by atoms with Crippen LogP contribution in [0.2, 0.25) is 0 Å². The Morgan fingerprint density at radius 3 is 2.46 bits per heavy atom. The zero-order chi connectivity index (χ0) is 17.2. The summed E-state index contributed by atoms with van der Waals surface area (Å²) in [4.78, 5) is 3.72. The molecule has 7 nitrogen and oxygen atoms in total. The third kappa shape index (κ3) is 3.45. The van der Waals surface area contributed by atoms with E-state index in [1.54, 1.807) is 12.1 Å². The second-order valence-electron chi connectivity index (χ2n) is 5.39. The van der Waals surface area contributed by atoms with Crippen molar-refractivity contribution in [1.82, 2.24) is 4.98 Å². The molecule has 3 rings (SSSR count). The first kappa shape index (κ1) is 15.8. The molecule has 8 heteroatoms. The summed E-state index contributed by atoms with van der Waals surface area (Å²) >= 11 is 0. The first-order valence-corrected chi connectivity index (χ1v) is 8.70. The predicted molar refractivity (Wildman–Crippen MR) is 87.6 cm³/mol. The molecule has 0 aliphatic heterocycles. The average Bonchev–Trinajstić information content (AvgIpc) is 3.40. The molecule has 0 spiro atoms. The van der Waals surface area contributed by atoms with Crippen LogP contribution in [0.3, 0.4) is 0 Å². The van der Waals surface area contributed by atoms with E-state index >= 15 is 0 Å². The van der Waals surface area contributed by atoms with Crippen molar-refractivity contribution in [1.29, 1.82) is 10.5 Å². The number of aromatic nitrogens is 1. The van der Waals surface area contributed by atoms with Gasteiger partial charge in [-0.1, -0.05) is 0 Å². The first-order valence-electron chi connectivity index (χ1n) is 7.21. The van der Waals surface area contributed by atoms with Gasteiger partial charge in [0.2, 0.25) is 0 Å². The summed E-state index contributed by atoms with van der Waals surface area (Å²) in [6.07, 6.45) is 3.19. The molecule has 120 valence electrons. The van der Waals surface area contributed by atoms with E-state index in [1.807, 2.05) is 12.1 Å². The Balaban J connectivity index is 1.93. The number of benzene rings is 1. The molecule has 0 atom stereocenters. The van der Waals surface area contributed by atoms with E-state index < -0.39 is 10.0 Å². The van der Waals surface area contributed by atoms with Gasteiger partial charge in [-0.15, -0.1) is 0 Å². The van der Waals surface area contributed by atoms with Crippen molar-refractivity contribution >= 4 is 21.4 Å². The Morgan fingerprint density at radius 2 is 1.88 bits per heavy atom. The maximum atomic E-state index is 12.5. The number of rotatable bonds is 5. The lowest BCUT2D eigenvalue weighted by molar-refractivity contribution is 0.601. The van der Waals surface area contributed by atoms with Crippen LogP contribution < -0.4 is 10.0 Å². The fraction of sp³-hybridized carbons (Fsp3) is 0.188. The van der Waals surface area contributed by atoms with Gasteiger partial charge >= 0.3 is 0 Å². The molecule has 1 fully saturated rings. The number of sulfonamides is 1. The number of nitrogens with zero attached hydrogens (tertiary/aromatic N) is 3. The molecule has 1 aliphatic rings. The van der Waals surface area contributed by atoms with Crippen molar-refractivity contribution in [2.45, 2.75) is 23.8 Å². The Bertz CT molecular complexity index is 951. The number of pyridine rings is 1. The van der Waals surface area contributed by atoms with Gasteiger partial charge in [-0.25, -0.2) is 13.4 Å². The van der Waals surface area contributed by atoms with Crippen LogP contribution in [0.25, 0.3) is 0 Å². The summed E-state index contributed by atoms with van der Waals surface area (Å²) in [5.41, 5.74) is 1.43. The SMILES string of the molecule is N#Cc1ccc(NC2CC2)c(NS(=O)(=O)c2ccc(C#N)nc2)c1. The quantitative estimate of drug-likeness (QED) is 0.862. The largest absolute Gasteiger partial charge is 0.381 e. The Hall–Kier alpha value is -3.10. The van der Waals surface area contributed by atoms with Gasteiger partial charge in [-0.2, -0.15) is 10.5 Å². The Labute approximate surface area is 139 Å². The van der Waals surface area contributed by atoms with Crippen LogP contribution in [-0.2, 0) is 10.0 Å². The number of nitrogens with one attached hydrogen (secondary N) is 2. The summed E-state index contributed by atoms with van der Waals surface area (Å²) in [7, 11) is -3.87. The average molecular weight is 339 g/mol. The lowest BCUT2D eigenvalue weighted by Crippen LogP contribution is -2.15. The van der Waals surface area contributed by atoms with E-state index in [2.05, 4.69) is 15.0 Å². The predicted octanol–water partition coefficient (Wildman–Crippen LogP) is 2.20. The molecule has 0 saturated heterocycles. The summed E-state index contributed by atoms with van der Waals surface area (Å²) < 4.78 is 27.5. The maximum absolute atomic E-state index is 12.5. The van der Waals surface area contributed by atoms with Crippen molar-refractivity contribution < 1.29 is 8.42 Å². The van der Waals surface area contributed by atoms with Crippen molar-refractivity contribution in [3.63, 3.8) is 0 Å². The minimum absolute atomic E-state index is 0.0544. The van der Waals surface area contributed by atoms with Gasteiger partial charge in [0.1, 0.15) is 16.7 Å². The highest BCUT2D eigenvalue weighted by Gasteiger charge is 2.23. The number of hydrogen-bond donors (Lipinski definition) is 2. The van der Waals surface area contributed by atoms with E-state index in [9.17, 15) is 8.42 Å². The molecule has 1 aromatic heterocycles. The van der Waals surface area contributed by atoms with Gasteiger partial charge in [0, 0.05) is 12.2 Å². The Morgan fingerprint density at radius 1 is 1.08 bits per heavy atom. The van der Waals surface area contributed by atoms with E-state index in [4.69, 9.17) is 10.5 Å². The zero-order valence-electron chi connectivity index (χ0n) is 12.5. The summed E-state index contributed by atoms with van der Waals surface area (Å²) in [5.74, 6) is 0. The van der Waals surface area contributed by atoms with Crippen molar-refractivity contribution in [2.75, 3.05) is 10.0 Å². The number of anilines is 2. The molecule has 1 aromatic carbocycles. The Kier molecular flexibility index (Phi) is 4.07. The molecule has 0 amide bonds. The van der Waals surface area contributed by atoms with Crippen LogP contribution in [0.1, 0.15) is 24.1 Å². The molecule has 1 aliphatic carbocycles. The second-order valence-corrected chi connectivity index (χ2v) is 7.07. The molecule has 24 heavy (non-hydrogen) atoms. The van der Waals surface area contributed by atoms with E-state index in [-0.39, 0.29) is 10.6 Å². The lowest BCUT2D eigenvalue weighted by Gasteiger charge is -2.14. The summed E-state index contributed by atoms with van der Waals surface area (Å²) in [5, 5.41) is 21.0. The molecule has 0 bridgehead atoms. The van der Waals surface area contributed by atoms with Crippen molar-refractivity contribution in [3.8, 4) is 12.1 Å². The van der Waals surface area contributed by atoms with Gasteiger partial charge in [0.15, 0.2) is 0 Å². The number of nitriles is 2. The van der Waals surface area contributed by atoms with Gasteiger partial charge in [-0.05, 0) is 43.2 Å². The van der Waals surface area contributed by atoms with Crippen LogP contribution in [0.15, 0.2) is 41.4 Å². The van der Waals surface area contributed by atoms with Crippen LogP contribution >= 0.6 is 0 Å². The standard InChI is InChI=1S/C16H13N5O2S/c17-8-11-1-6-15(20-12-2-3-12)16(7-11)21-24(22,23)14-5-4-13(9-18)19-10-14/h1,4-7,10,12,20-21H,2-3H2. The highest BCUT2D eigenvalue weighted by atomic mass is 32.2. The maximum Gasteiger partial charge on any atom is 0.263 e. The molecule has 1 saturated carbocycles. The lowest BCUT2D eigenvalue weighted by atomic mass is 10.2. The topological polar surface area (TPSA) is 119 Å². The molecular formula is C16H13N5O2S. The van der Waals surface area contributed by atoms with Crippen LogP contribution in [0.5, 0.6) is 0 Å². The van der Waals surface area contributed by atoms with E-state index in [0.717, 1.165) is 19.0 Å². The van der Waals surface area contributed by atoms with Gasteiger partial charge < -0.3 is 5.32 Å². The monoisotopic (exact) mass is 339 g/mol. The minimum Gasteiger partial charge on any atom is -0.381 e. The summed E-state index contributed by atoms with van der Waals surface area (Å²) in [6, 6.07) is 11.6. The van der Waals surface area contributed by atoms with Crippen molar-refractivity contribution in [2.24, 2.45) is 0 Å². The highest BCUT2D eigenvalue weighted by Crippen LogP contribution is 2.31. The third-order valence-electron chi connectivity index (χ3n) is 3.49. The van der Waals surface area contributed by atoms with Crippen molar-refractivity contribution in [3.05, 3.63) is 47.8 Å². The fourth-order valence-electron chi connectivity index (χ4n) is 2.08. The minimum atomic E-state index is -3.87. The first-order chi connectivity index (χ1) is 11.5. The number of hydrogen-bond acceptors (Lipinski definition) is 6. The van der Waals surface area contributed by atoms with Gasteiger partial charge in [-0.3, -0.25) is 4.72 Å². The fourth-order valence-corrected chi connectivity index (χ4v) is 3.10. The summed E-state index contributed by atoms with van der Waals surface area (Å²) in [6.45, 7) is 0. The van der Waals surface area contributed by atoms with Crippen LogP contribution in [-0.4, -0.2) is 19.4 Å². The van der Waals surface area contributed by atoms with E-state index in [1.165, 1.54) is 18.2 Å². The van der Waals surface area contributed by atoms with Crippen LogP contribution in [0.4, 0.5) is 11.4 Å². The molecule has 0 unspecified atom stereocenters. The highest BCUT2D eigenvalue weighted by molar-refractivity contribution is 7.92. The molecule has 2 N–H and O–H groups in total. The van der Waals surface area contributed by atoms with Gasteiger partial charge in [0.25, 0.3) is 10.0 Å². The molecule has 1 heterocycles. The van der Waals surface area contributed by atoms with E-state index in [0.29, 0.717) is 23.0 Å². The van der Waals surface area contributed by atoms with Gasteiger partial charge in [0.05, 0.1) is 23.0 Å². The second kappa shape index (κ2) is 6.19. The zero-order valence-corrected chi connectivity index (χ0v) is 13.3. The normalized spacial score (nSPS) is 13.6. The smallest absolute Gasteiger partial charge is 0.263 e. The molecule has 2 aromatic rings. The molecule has 0 radical (unpaired) electrons. The van der Waals surface area contributed by atoms with Crippen LogP contribution in [0, 0.1) is 22.7 Å². The molecular weight excluding hydrogens is 326 g/mol. The third-order valence-corrected chi connectivity index (χ3v) is 4.84.